The lowest BCUT2D eigenvalue weighted by atomic mass is 10.3. The Labute approximate surface area is 106 Å². The lowest BCUT2D eigenvalue weighted by molar-refractivity contribution is 0.168. The first-order valence-electron chi connectivity index (χ1n) is 5.38. The van der Waals surface area contributed by atoms with E-state index in [2.05, 4.69) is 23.9 Å². The van der Waals surface area contributed by atoms with E-state index < -0.39 is 0 Å². The van der Waals surface area contributed by atoms with Gasteiger partial charge in [0, 0.05) is 25.6 Å². The van der Waals surface area contributed by atoms with Gasteiger partial charge < -0.3 is 4.74 Å². The molecule has 1 aromatic rings. The number of nitrogens with zero attached hydrogens (tertiary/aromatic N) is 2. The number of thiazole rings is 1. The zero-order valence-electron chi connectivity index (χ0n) is 10.1. The second-order valence-electron chi connectivity index (χ2n) is 3.81. The summed E-state index contributed by atoms with van der Waals surface area (Å²) in [5.41, 5.74) is 0.971. The third kappa shape index (κ3) is 4.01. The molecule has 0 N–H and O–H groups in total. The van der Waals surface area contributed by atoms with E-state index in [1.54, 1.807) is 18.4 Å². The number of methoxy groups -OCH3 is 1. The summed E-state index contributed by atoms with van der Waals surface area (Å²) in [5.74, 6) is 0.497. The zero-order valence-corrected chi connectivity index (χ0v) is 11.6. The van der Waals surface area contributed by atoms with Crippen LogP contribution in [0.2, 0.25) is 0 Å². The fourth-order valence-electron chi connectivity index (χ4n) is 1.42. The van der Waals surface area contributed by atoms with Gasteiger partial charge in [0.2, 0.25) is 0 Å². The molecule has 0 aliphatic carbocycles. The number of alkyl halides is 1. The van der Waals surface area contributed by atoms with Gasteiger partial charge in [-0.25, -0.2) is 4.98 Å². The molecule has 0 radical (unpaired) electrons. The van der Waals surface area contributed by atoms with Crippen LogP contribution in [-0.2, 0) is 10.6 Å². The van der Waals surface area contributed by atoms with Gasteiger partial charge in [-0.05, 0) is 20.4 Å². The summed E-state index contributed by atoms with van der Waals surface area (Å²) in [6, 6.07) is 0.346. The molecule has 0 saturated heterocycles. The molecule has 5 heteroatoms. The van der Waals surface area contributed by atoms with Crippen molar-refractivity contribution in [1.29, 1.82) is 0 Å². The molecule has 1 unspecified atom stereocenters. The largest absolute Gasteiger partial charge is 0.385 e. The van der Waals surface area contributed by atoms with Gasteiger partial charge in [-0.2, -0.15) is 0 Å². The second-order valence-corrected chi connectivity index (χ2v) is 4.97. The van der Waals surface area contributed by atoms with E-state index in [4.69, 9.17) is 16.3 Å². The Morgan fingerprint density at radius 1 is 1.62 bits per heavy atom. The molecule has 0 bridgehead atoms. The number of halogens is 1. The molecule has 92 valence electrons. The molecule has 3 nitrogen and oxygen atoms in total. The summed E-state index contributed by atoms with van der Waals surface area (Å²) in [6.45, 7) is 4.00. The fourth-order valence-corrected chi connectivity index (χ4v) is 2.58. The number of rotatable bonds is 7. The third-order valence-electron chi connectivity index (χ3n) is 2.58. The molecule has 0 aliphatic heterocycles. The van der Waals surface area contributed by atoms with Gasteiger partial charge in [-0.15, -0.1) is 22.9 Å². The predicted octanol–water partition coefficient (Wildman–Crippen LogP) is 2.91. The van der Waals surface area contributed by atoms with Crippen LogP contribution in [0.5, 0.6) is 0 Å². The molecular weight excluding hydrogens is 244 g/mol. The molecular formula is C11H19ClN2OS. The van der Waals surface area contributed by atoms with Crippen molar-refractivity contribution in [2.24, 2.45) is 0 Å². The van der Waals surface area contributed by atoms with Crippen LogP contribution in [0.15, 0.2) is 5.38 Å². The van der Waals surface area contributed by atoms with E-state index in [0.29, 0.717) is 11.9 Å². The molecule has 0 fully saturated rings. The molecule has 1 atom stereocenters. The van der Waals surface area contributed by atoms with Crippen molar-refractivity contribution < 1.29 is 4.74 Å². The molecule has 0 saturated carbocycles. The van der Waals surface area contributed by atoms with Crippen LogP contribution in [-0.4, -0.2) is 37.2 Å². The Balaban J connectivity index is 2.45. The van der Waals surface area contributed by atoms with E-state index in [1.165, 1.54) is 0 Å². The van der Waals surface area contributed by atoms with Crippen LogP contribution in [0.3, 0.4) is 0 Å². The van der Waals surface area contributed by atoms with E-state index in [9.17, 15) is 0 Å². The molecule has 1 rings (SSSR count). The summed E-state index contributed by atoms with van der Waals surface area (Å²) >= 11 is 7.42. The lowest BCUT2D eigenvalue weighted by Gasteiger charge is -2.22. The smallest absolute Gasteiger partial charge is 0.110 e. The van der Waals surface area contributed by atoms with Crippen molar-refractivity contribution in [2.75, 3.05) is 27.3 Å². The normalized spacial score (nSPS) is 13.3. The van der Waals surface area contributed by atoms with Gasteiger partial charge in [0.15, 0.2) is 0 Å². The van der Waals surface area contributed by atoms with Crippen LogP contribution < -0.4 is 0 Å². The molecule has 1 heterocycles. The van der Waals surface area contributed by atoms with Gasteiger partial charge in [0.1, 0.15) is 5.01 Å². The SMILES string of the molecule is COCCCN(C)C(C)c1nc(CCl)cs1. The molecule has 0 aliphatic rings. The third-order valence-corrected chi connectivity index (χ3v) is 3.92. The summed E-state index contributed by atoms with van der Waals surface area (Å²) in [6.07, 6.45) is 1.05. The average Bonchev–Trinajstić information content (AvgIpc) is 2.76. The first-order chi connectivity index (χ1) is 7.69. The van der Waals surface area contributed by atoms with Crippen LogP contribution in [0.25, 0.3) is 0 Å². The number of hydrogen-bond acceptors (Lipinski definition) is 4. The van der Waals surface area contributed by atoms with Crippen molar-refractivity contribution >= 4 is 22.9 Å². The van der Waals surface area contributed by atoms with E-state index in [1.807, 2.05) is 5.38 Å². The number of ether oxygens (including phenoxy) is 1. The first-order valence-corrected chi connectivity index (χ1v) is 6.80. The Morgan fingerprint density at radius 3 is 2.94 bits per heavy atom. The van der Waals surface area contributed by atoms with Gasteiger partial charge in [-0.1, -0.05) is 0 Å². The van der Waals surface area contributed by atoms with Gasteiger partial charge in [0.25, 0.3) is 0 Å². The Hall–Kier alpha value is -0.160. The molecule has 1 aromatic heterocycles. The van der Waals surface area contributed by atoms with Crippen molar-refractivity contribution in [3.63, 3.8) is 0 Å². The fraction of sp³-hybridized carbons (Fsp3) is 0.727. The van der Waals surface area contributed by atoms with Crippen LogP contribution in [0.4, 0.5) is 0 Å². The average molecular weight is 263 g/mol. The first kappa shape index (κ1) is 13.9. The minimum atomic E-state index is 0.346. The van der Waals surface area contributed by atoms with Crippen molar-refractivity contribution in [1.82, 2.24) is 9.88 Å². The standard InChI is InChI=1S/C11H19ClN2OS/c1-9(14(2)5-4-6-15-3)11-13-10(7-12)8-16-11/h8-9H,4-7H2,1-3H3. The highest BCUT2D eigenvalue weighted by Gasteiger charge is 2.14. The summed E-state index contributed by atoms with van der Waals surface area (Å²) in [5, 5.41) is 3.16. The highest BCUT2D eigenvalue weighted by Crippen LogP contribution is 2.23. The summed E-state index contributed by atoms with van der Waals surface area (Å²) in [4.78, 5) is 6.78. The van der Waals surface area contributed by atoms with E-state index in [-0.39, 0.29) is 0 Å². The van der Waals surface area contributed by atoms with Crippen LogP contribution in [0, 0.1) is 0 Å². The summed E-state index contributed by atoms with van der Waals surface area (Å²) in [7, 11) is 3.85. The van der Waals surface area contributed by atoms with Crippen molar-refractivity contribution in [3.8, 4) is 0 Å². The monoisotopic (exact) mass is 262 g/mol. The predicted molar refractivity (Wildman–Crippen MR) is 69.2 cm³/mol. The number of aromatic nitrogens is 1. The lowest BCUT2D eigenvalue weighted by Crippen LogP contribution is -2.24. The molecule has 0 spiro atoms. The molecule has 16 heavy (non-hydrogen) atoms. The minimum Gasteiger partial charge on any atom is -0.385 e. The molecule has 0 aromatic carbocycles. The second kappa shape index (κ2) is 7.22. The van der Waals surface area contributed by atoms with E-state index >= 15 is 0 Å². The van der Waals surface area contributed by atoms with Gasteiger partial charge in [-0.3, -0.25) is 4.90 Å². The highest BCUT2D eigenvalue weighted by atomic mass is 35.5. The maximum atomic E-state index is 5.74. The topological polar surface area (TPSA) is 25.4 Å². The Kier molecular flexibility index (Phi) is 6.28. The van der Waals surface area contributed by atoms with Crippen molar-refractivity contribution in [2.45, 2.75) is 25.3 Å². The van der Waals surface area contributed by atoms with Crippen molar-refractivity contribution in [3.05, 3.63) is 16.1 Å². The van der Waals surface area contributed by atoms with Gasteiger partial charge >= 0.3 is 0 Å². The highest BCUT2D eigenvalue weighted by molar-refractivity contribution is 7.09. The van der Waals surface area contributed by atoms with Crippen LogP contribution in [0.1, 0.15) is 30.1 Å². The molecule has 0 amide bonds. The minimum absolute atomic E-state index is 0.346. The maximum Gasteiger partial charge on any atom is 0.110 e. The maximum absolute atomic E-state index is 5.74. The van der Waals surface area contributed by atoms with Gasteiger partial charge in [0.05, 0.1) is 17.6 Å². The Morgan fingerprint density at radius 2 is 2.38 bits per heavy atom. The summed E-state index contributed by atoms with van der Waals surface area (Å²) < 4.78 is 5.04. The quantitative estimate of drug-likeness (QED) is 0.558. The van der Waals surface area contributed by atoms with E-state index in [0.717, 1.165) is 30.3 Å². The Bertz CT molecular complexity index is 306. The van der Waals surface area contributed by atoms with Crippen LogP contribution >= 0.6 is 22.9 Å². The number of hydrogen-bond donors (Lipinski definition) is 0. The zero-order chi connectivity index (χ0) is 12.0.